The van der Waals surface area contributed by atoms with Gasteiger partial charge in [-0.15, -0.1) is 0 Å². The van der Waals surface area contributed by atoms with Crippen LogP contribution in [0.5, 0.6) is 11.5 Å². The second-order valence-corrected chi connectivity index (χ2v) is 8.68. The van der Waals surface area contributed by atoms with Crippen molar-refractivity contribution in [1.82, 2.24) is 5.43 Å². The molecular weight excluding hydrogens is 496 g/mol. The molecule has 2 N–H and O–H groups in total. The minimum Gasteiger partial charge on any atom is -0.493 e. The Morgan fingerprint density at radius 3 is 2.60 bits per heavy atom. The van der Waals surface area contributed by atoms with E-state index in [-0.39, 0.29) is 31.4 Å². The fraction of sp³-hybridized carbons (Fsp3) is 0.200. The zero-order valence-corrected chi connectivity index (χ0v) is 20.2. The maximum absolute atomic E-state index is 13.2. The van der Waals surface area contributed by atoms with Gasteiger partial charge in [0.25, 0.3) is 0 Å². The van der Waals surface area contributed by atoms with Crippen LogP contribution in [0.2, 0.25) is 10.0 Å². The van der Waals surface area contributed by atoms with Gasteiger partial charge in [-0.3, -0.25) is 20.4 Å². The molecule has 1 heterocycles. The highest BCUT2D eigenvalue weighted by molar-refractivity contribution is 6.42. The highest BCUT2D eigenvalue weighted by atomic mass is 35.5. The number of hydrogen-bond acceptors (Lipinski definition) is 5. The van der Waals surface area contributed by atoms with E-state index >= 15 is 0 Å². The van der Waals surface area contributed by atoms with Crippen LogP contribution in [-0.4, -0.2) is 25.5 Å². The first kappa shape index (κ1) is 24.6. The average Bonchev–Trinajstić information content (AvgIpc) is 3.25. The number of benzene rings is 3. The van der Waals surface area contributed by atoms with Gasteiger partial charge >= 0.3 is 0 Å². The topological polar surface area (TPSA) is 79.9 Å². The third kappa shape index (κ3) is 5.78. The fourth-order valence-electron chi connectivity index (χ4n) is 3.69. The van der Waals surface area contributed by atoms with Crippen molar-refractivity contribution in [1.29, 1.82) is 0 Å². The van der Waals surface area contributed by atoms with Gasteiger partial charge in [0.2, 0.25) is 11.8 Å². The van der Waals surface area contributed by atoms with Crippen molar-refractivity contribution in [3.8, 4) is 11.5 Å². The van der Waals surface area contributed by atoms with Crippen molar-refractivity contribution in [3.05, 3.63) is 82.1 Å². The Labute approximate surface area is 211 Å². The SMILES string of the molecule is COc1cccc(NNC(=O)[C@@H]2CC(=O)N(c3ccc(F)cc3)C2)c1OCc1ccc(Cl)c(Cl)c1. The van der Waals surface area contributed by atoms with Crippen LogP contribution < -0.4 is 25.2 Å². The quantitative estimate of drug-likeness (QED) is 0.400. The van der Waals surface area contributed by atoms with Crippen LogP contribution in [-0.2, 0) is 16.2 Å². The number of nitrogens with one attached hydrogen (secondary N) is 2. The van der Waals surface area contributed by atoms with Crippen LogP contribution in [0, 0.1) is 11.7 Å². The summed E-state index contributed by atoms with van der Waals surface area (Å²) in [5, 5.41) is 0.861. The molecule has 0 aromatic heterocycles. The van der Waals surface area contributed by atoms with E-state index in [1.807, 2.05) is 0 Å². The first-order chi connectivity index (χ1) is 16.9. The smallest absolute Gasteiger partial charge is 0.243 e. The molecule has 0 saturated carbocycles. The summed E-state index contributed by atoms with van der Waals surface area (Å²) < 4.78 is 24.6. The van der Waals surface area contributed by atoms with Gasteiger partial charge in [0.05, 0.1) is 28.8 Å². The number of ether oxygens (including phenoxy) is 2. The Kier molecular flexibility index (Phi) is 7.63. The predicted octanol–water partition coefficient (Wildman–Crippen LogP) is 5.22. The van der Waals surface area contributed by atoms with Gasteiger partial charge in [-0.05, 0) is 54.1 Å². The van der Waals surface area contributed by atoms with Crippen molar-refractivity contribution in [2.45, 2.75) is 13.0 Å². The number of anilines is 2. The van der Waals surface area contributed by atoms with Gasteiger partial charge in [-0.2, -0.15) is 0 Å². The normalized spacial score (nSPS) is 15.1. The molecule has 2 amide bonds. The molecule has 182 valence electrons. The van der Waals surface area contributed by atoms with Gasteiger partial charge in [0.1, 0.15) is 12.4 Å². The number of hydrogen-bond donors (Lipinski definition) is 2. The lowest BCUT2D eigenvalue weighted by atomic mass is 10.1. The summed E-state index contributed by atoms with van der Waals surface area (Å²) in [5.74, 6) is -0.690. The van der Waals surface area contributed by atoms with Crippen molar-refractivity contribution < 1.29 is 23.5 Å². The molecule has 0 bridgehead atoms. The van der Waals surface area contributed by atoms with Crippen LogP contribution >= 0.6 is 23.2 Å². The van der Waals surface area contributed by atoms with Gasteiger partial charge in [0.15, 0.2) is 11.5 Å². The summed E-state index contributed by atoms with van der Waals surface area (Å²) in [6.07, 6.45) is 0.0453. The molecular formula is C25H22Cl2FN3O4. The van der Waals surface area contributed by atoms with Gasteiger partial charge in [-0.25, -0.2) is 4.39 Å². The minimum atomic E-state index is -0.578. The maximum Gasteiger partial charge on any atom is 0.243 e. The molecule has 0 unspecified atom stereocenters. The number of rotatable bonds is 8. The summed E-state index contributed by atoms with van der Waals surface area (Å²) in [7, 11) is 1.51. The summed E-state index contributed by atoms with van der Waals surface area (Å²) >= 11 is 12.1. The van der Waals surface area contributed by atoms with E-state index in [0.29, 0.717) is 32.9 Å². The first-order valence-corrected chi connectivity index (χ1v) is 11.5. The highest BCUT2D eigenvalue weighted by Crippen LogP contribution is 2.36. The summed E-state index contributed by atoms with van der Waals surface area (Å²) in [4.78, 5) is 26.7. The average molecular weight is 518 g/mol. The van der Waals surface area contributed by atoms with Gasteiger partial charge < -0.3 is 14.4 Å². The first-order valence-electron chi connectivity index (χ1n) is 10.7. The minimum absolute atomic E-state index is 0.0453. The van der Waals surface area contributed by atoms with Crippen molar-refractivity contribution in [3.63, 3.8) is 0 Å². The highest BCUT2D eigenvalue weighted by Gasteiger charge is 2.35. The fourth-order valence-corrected chi connectivity index (χ4v) is 4.01. The third-order valence-corrected chi connectivity index (χ3v) is 6.26. The summed E-state index contributed by atoms with van der Waals surface area (Å²) in [6, 6.07) is 16.0. The molecule has 1 aliphatic heterocycles. The number of amides is 2. The third-order valence-electron chi connectivity index (χ3n) is 5.52. The number of methoxy groups -OCH3 is 1. The standard InChI is InChI=1S/C25H22Cl2FN3O4/c1-34-22-4-2-3-21(24(22)35-14-15-5-10-19(26)20(27)11-15)29-30-25(33)16-12-23(32)31(13-16)18-8-6-17(28)7-9-18/h2-11,16,29H,12-14H2,1H3,(H,30,33)/t16-/m1/s1. The Bertz CT molecular complexity index is 1240. The lowest BCUT2D eigenvalue weighted by Crippen LogP contribution is -2.36. The van der Waals surface area contributed by atoms with Crippen molar-refractivity contribution in [2.75, 3.05) is 24.0 Å². The predicted molar refractivity (Wildman–Crippen MR) is 132 cm³/mol. The molecule has 0 radical (unpaired) electrons. The van der Waals surface area contributed by atoms with Gasteiger partial charge in [-0.1, -0.05) is 35.3 Å². The molecule has 1 atom stereocenters. The lowest BCUT2D eigenvalue weighted by molar-refractivity contribution is -0.125. The Morgan fingerprint density at radius 2 is 1.89 bits per heavy atom. The number of para-hydroxylation sites is 1. The van der Waals surface area contributed by atoms with Crippen LogP contribution in [0.15, 0.2) is 60.7 Å². The monoisotopic (exact) mass is 517 g/mol. The number of carbonyl (C=O) groups is 2. The van der Waals surface area contributed by atoms with E-state index in [1.54, 1.807) is 36.4 Å². The molecule has 1 fully saturated rings. The van der Waals surface area contributed by atoms with E-state index in [2.05, 4.69) is 10.9 Å². The second-order valence-electron chi connectivity index (χ2n) is 7.87. The Morgan fingerprint density at radius 1 is 1.11 bits per heavy atom. The molecule has 3 aromatic carbocycles. The van der Waals surface area contributed by atoms with E-state index < -0.39 is 11.7 Å². The van der Waals surface area contributed by atoms with E-state index in [9.17, 15) is 14.0 Å². The molecule has 0 spiro atoms. The molecule has 7 nitrogen and oxygen atoms in total. The van der Waals surface area contributed by atoms with E-state index in [0.717, 1.165) is 5.56 Å². The van der Waals surface area contributed by atoms with Crippen molar-refractivity contribution in [2.24, 2.45) is 5.92 Å². The number of halogens is 3. The largest absolute Gasteiger partial charge is 0.493 e. The van der Waals surface area contributed by atoms with E-state index in [4.69, 9.17) is 32.7 Å². The second kappa shape index (κ2) is 10.8. The molecule has 1 aliphatic rings. The van der Waals surface area contributed by atoms with Crippen LogP contribution in [0.1, 0.15) is 12.0 Å². The molecule has 3 aromatic rings. The number of nitrogens with zero attached hydrogens (tertiary/aromatic N) is 1. The molecule has 1 saturated heterocycles. The summed E-state index contributed by atoms with van der Waals surface area (Å²) in [6.45, 7) is 0.375. The van der Waals surface area contributed by atoms with Crippen LogP contribution in [0.4, 0.5) is 15.8 Å². The zero-order chi connectivity index (χ0) is 24.9. The number of hydrazine groups is 1. The maximum atomic E-state index is 13.2. The number of carbonyl (C=O) groups excluding carboxylic acids is 2. The molecule has 0 aliphatic carbocycles. The Balaban J connectivity index is 1.41. The molecule has 35 heavy (non-hydrogen) atoms. The lowest BCUT2D eigenvalue weighted by Gasteiger charge is -2.19. The summed E-state index contributed by atoms with van der Waals surface area (Å²) in [5.41, 5.74) is 7.33. The van der Waals surface area contributed by atoms with Crippen LogP contribution in [0.3, 0.4) is 0 Å². The van der Waals surface area contributed by atoms with Gasteiger partial charge in [0, 0.05) is 18.7 Å². The Hall–Kier alpha value is -3.49. The zero-order valence-electron chi connectivity index (χ0n) is 18.7. The van der Waals surface area contributed by atoms with Crippen molar-refractivity contribution >= 4 is 46.4 Å². The van der Waals surface area contributed by atoms with Crippen LogP contribution in [0.25, 0.3) is 0 Å². The van der Waals surface area contributed by atoms with E-state index in [1.165, 1.54) is 36.3 Å². The molecule has 10 heteroatoms. The molecule has 4 rings (SSSR count).